The molecule has 16 heavy (non-hydrogen) atoms. The summed E-state index contributed by atoms with van der Waals surface area (Å²) in [7, 11) is 0. The van der Waals surface area contributed by atoms with Crippen molar-refractivity contribution in [2.75, 3.05) is 19.3 Å². The Hall–Kier alpha value is -1.55. The molecule has 0 aliphatic carbocycles. The molecule has 0 aliphatic rings. The second-order valence-electron chi connectivity index (χ2n) is 2.90. The number of hydrogen-bond donors (Lipinski definition) is 1. The molecule has 0 unspecified atom stereocenters. The standard InChI is InChI=1S/C9H14N6S/c1-4-15(5-2)14-12-8-7(6-10)9(16-3)13-11-8/h4-5H2,1-3H3,(H,11,13). The van der Waals surface area contributed by atoms with Gasteiger partial charge in [0.25, 0.3) is 0 Å². The van der Waals surface area contributed by atoms with Crippen LogP contribution in [-0.4, -0.2) is 34.6 Å². The summed E-state index contributed by atoms with van der Waals surface area (Å²) in [6, 6.07) is 2.07. The highest BCUT2D eigenvalue weighted by Crippen LogP contribution is 2.25. The largest absolute Gasteiger partial charge is 0.279 e. The summed E-state index contributed by atoms with van der Waals surface area (Å²) in [6.45, 7) is 5.55. The first kappa shape index (κ1) is 12.5. The number of H-pyrrole nitrogens is 1. The van der Waals surface area contributed by atoms with Crippen LogP contribution in [0.1, 0.15) is 19.4 Å². The fraction of sp³-hybridized carbons (Fsp3) is 0.556. The lowest BCUT2D eigenvalue weighted by molar-refractivity contribution is 0.300. The summed E-state index contributed by atoms with van der Waals surface area (Å²) in [6.07, 6.45) is 1.86. The predicted molar refractivity (Wildman–Crippen MR) is 62.5 cm³/mol. The van der Waals surface area contributed by atoms with E-state index in [9.17, 15) is 0 Å². The fourth-order valence-electron chi connectivity index (χ4n) is 1.10. The minimum Gasteiger partial charge on any atom is -0.279 e. The number of hydrogen-bond acceptors (Lipinski definition) is 5. The monoisotopic (exact) mass is 238 g/mol. The summed E-state index contributed by atoms with van der Waals surface area (Å²) in [5.41, 5.74) is 0.448. The molecule has 1 N–H and O–H groups in total. The molecule has 86 valence electrons. The van der Waals surface area contributed by atoms with E-state index in [-0.39, 0.29) is 0 Å². The molecule has 0 saturated heterocycles. The molecule has 0 amide bonds. The van der Waals surface area contributed by atoms with Crippen molar-refractivity contribution < 1.29 is 0 Å². The highest BCUT2D eigenvalue weighted by Gasteiger charge is 2.11. The predicted octanol–water partition coefficient (Wildman–Crippen LogP) is 2.34. The first-order chi connectivity index (χ1) is 7.76. The molecule has 1 heterocycles. The van der Waals surface area contributed by atoms with Gasteiger partial charge in [0.15, 0.2) is 5.82 Å². The highest BCUT2D eigenvalue weighted by molar-refractivity contribution is 7.98. The Morgan fingerprint density at radius 1 is 1.50 bits per heavy atom. The van der Waals surface area contributed by atoms with E-state index >= 15 is 0 Å². The molecule has 1 aromatic rings. The van der Waals surface area contributed by atoms with Gasteiger partial charge in [-0.15, -0.1) is 16.9 Å². The quantitative estimate of drug-likeness (QED) is 0.485. The number of aromatic nitrogens is 2. The van der Waals surface area contributed by atoms with Crippen molar-refractivity contribution in [3.63, 3.8) is 0 Å². The smallest absolute Gasteiger partial charge is 0.191 e. The van der Waals surface area contributed by atoms with E-state index in [1.807, 2.05) is 20.1 Å². The van der Waals surface area contributed by atoms with Gasteiger partial charge in [0.2, 0.25) is 0 Å². The molecule has 0 fully saturated rings. The molecule has 0 radical (unpaired) electrons. The maximum absolute atomic E-state index is 8.96. The van der Waals surface area contributed by atoms with Crippen LogP contribution in [0, 0.1) is 11.3 Å². The van der Waals surface area contributed by atoms with Gasteiger partial charge >= 0.3 is 0 Å². The first-order valence-corrected chi connectivity index (χ1v) is 6.18. The van der Waals surface area contributed by atoms with Crippen molar-refractivity contribution in [3.8, 4) is 6.07 Å². The zero-order valence-corrected chi connectivity index (χ0v) is 10.4. The van der Waals surface area contributed by atoms with Crippen LogP contribution in [0.3, 0.4) is 0 Å². The zero-order chi connectivity index (χ0) is 12.0. The summed E-state index contributed by atoms with van der Waals surface area (Å²) >= 11 is 1.41. The van der Waals surface area contributed by atoms with E-state index in [1.54, 1.807) is 5.01 Å². The van der Waals surface area contributed by atoms with Gasteiger partial charge in [-0.25, -0.2) is 0 Å². The molecule has 0 bridgehead atoms. The number of nitriles is 1. The lowest BCUT2D eigenvalue weighted by Crippen LogP contribution is -2.14. The van der Waals surface area contributed by atoms with Gasteiger partial charge in [-0.05, 0) is 20.1 Å². The molecular formula is C9H14N6S. The van der Waals surface area contributed by atoms with Gasteiger partial charge in [-0.1, -0.05) is 5.22 Å². The van der Waals surface area contributed by atoms with Gasteiger partial charge in [0.1, 0.15) is 16.7 Å². The summed E-state index contributed by atoms with van der Waals surface area (Å²) in [4.78, 5) is 0. The summed E-state index contributed by atoms with van der Waals surface area (Å²) in [5.74, 6) is 0.416. The molecular weight excluding hydrogens is 224 g/mol. The molecule has 6 nitrogen and oxygen atoms in total. The van der Waals surface area contributed by atoms with Crippen LogP contribution in [0.5, 0.6) is 0 Å². The van der Waals surface area contributed by atoms with E-state index in [1.165, 1.54) is 11.8 Å². The maximum atomic E-state index is 8.96. The Labute approximate surface area is 98.7 Å². The molecule has 0 atom stereocenters. The normalized spacial score (nSPS) is 10.6. The van der Waals surface area contributed by atoms with Crippen LogP contribution in [0.4, 0.5) is 5.82 Å². The lowest BCUT2D eigenvalue weighted by atomic mass is 10.4. The summed E-state index contributed by atoms with van der Waals surface area (Å²) in [5, 5.41) is 26.1. The Bertz CT molecular complexity index is 401. The minimum absolute atomic E-state index is 0.416. The van der Waals surface area contributed by atoms with Crippen LogP contribution in [-0.2, 0) is 0 Å². The molecule has 0 spiro atoms. The Balaban J connectivity index is 2.89. The maximum Gasteiger partial charge on any atom is 0.191 e. The van der Waals surface area contributed by atoms with Gasteiger partial charge in [0, 0.05) is 13.1 Å². The second-order valence-corrected chi connectivity index (χ2v) is 3.69. The minimum atomic E-state index is 0.416. The number of nitrogens with one attached hydrogen (secondary N) is 1. The van der Waals surface area contributed by atoms with Gasteiger partial charge < -0.3 is 0 Å². The molecule has 0 aromatic carbocycles. The van der Waals surface area contributed by atoms with Crippen molar-refractivity contribution >= 4 is 17.6 Å². The van der Waals surface area contributed by atoms with Crippen molar-refractivity contribution in [2.45, 2.75) is 18.9 Å². The van der Waals surface area contributed by atoms with Crippen LogP contribution >= 0.6 is 11.8 Å². The third kappa shape index (κ3) is 2.73. The Morgan fingerprint density at radius 2 is 2.19 bits per heavy atom. The van der Waals surface area contributed by atoms with Crippen molar-refractivity contribution in [1.29, 1.82) is 5.26 Å². The first-order valence-electron chi connectivity index (χ1n) is 4.95. The third-order valence-electron chi connectivity index (χ3n) is 2.02. The number of aromatic amines is 1. The highest BCUT2D eigenvalue weighted by atomic mass is 32.2. The van der Waals surface area contributed by atoms with E-state index < -0.39 is 0 Å². The number of rotatable bonds is 5. The Kier molecular flexibility index (Phi) is 4.79. The number of thioether (sulfide) groups is 1. The van der Waals surface area contributed by atoms with Crippen LogP contribution < -0.4 is 0 Å². The van der Waals surface area contributed by atoms with Gasteiger partial charge in [-0.2, -0.15) is 10.4 Å². The zero-order valence-electron chi connectivity index (χ0n) is 9.56. The topological polar surface area (TPSA) is 80.4 Å². The Morgan fingerprint density at radius 3 is 2.69 bits per heavy atom. The molecule has 0 saturated carbocycles. The van der Waals surface area contributed by atoms with E-state index in [2.05, 4.69) is 26.6 Å². The van der Waals surface area contributed by atoms with E-state index in [4.69, 9.17) is 5.26 Å². The average molecular weight is 238 g/mol. The van der Waals surface area contributed by atoms with Gasteiger partial charge in [-0.3, -0.25) is 10.1 Å². The van der Waals surface area contributed by atoms with Crippen molar-refractivity contribution in [1.82, 2.24) is 15.2 Å². The van der Waals surface area contributed by atoms with Crippen molar-refractivity contribution in [3.05, 3.63) is 5.56 Å². The fourth-order valence-corrected chi connectivity index (χ4v) is 1.58. The van der Waals surface area contributed by atoms with Crippen LogP contribution in [0.2, 0.25) is 0 Å². The van der Waals surface area contributed by atoms with Crippen LogP contribution in [0.25, 0.3) is 0 Å². The average Bonchev–Trinajstić information content (AvgIpc) is 2.72. The van der Waals surface area contributed by atoms with E-state index in [0.717, 1.165) is 13.1 Å². The number of nitrogens with zero attached hydrogens (tertiary/aromatic N) is 5. The SMILES string of the molecule is CCN(CC)N=Nc1[nH]nc(SC)c1C#N. The van der Waals surface area contributed by atoms with Gasteiger partial charge in [0.05, 0.1) is 0 Å². The third-order valence-corrected chi connectivity index (χ3v) is 2.70. The second kappa shape index (κ2) is 6.12. The van der Waals surface area contributed by atoms with Crippen LogP contribution in [0.15, 0.2) is 15.4 Å². The molecule has 1 aromatic heterocycles. The lowest BCUT2D eigenvalue weighted by Gasteiger charge is -2.10. The molecule has 0 aliphatic heterocycles. The molecule has 7 heteroatoms. The summed E-state index contributed by atoms with van der Waals surface area (Å²) < 4.78 is 0. The van der Waals surface area contributed by atoms with Crippen molar-refractivity contribution in [2.24, 2.45) is 10.3 Å². The van der Waals surface area contributed by atoms with E-state index in [0.29, 0.717) is 16.4 Å². The molecule has 1 rings (SSSR count).